The molecule has 1 aromatic rings. The molecule has 2 N–H and O–H groups in total. The minimum Gasteiger partial charge on any atom is -0.325 e. The van der Waals surface area contributed by atoms with Gasteiger partial charge in [0.25, 0.3) is 0 Å². The maximum atomic E-state index is 13.1. The van der Waals surface area contributed by atoms with Crippen molar-refractivity contribution in [2.45, 2.75) is 45.6 Å². The summed E-state index contributed by atoms with van der Waals surface area (Å²) < 4.78 is 13.1. The smallest absolute Gasteiger partial charge is 0.123 e. The second-order valence-corrected chi connectivity index (χ2v) is 4.83. The van der Waals surface area contributed by atoms with Gasteiger partial charge in [-0.3, -0.25) is 0 Å². The summed E-state index contributed by atoms with van der Waals surface area (Å²) in [6.07, 6.45) is 2.87. The minimum atomic E-state index is -0.253. The van der Waals surface area contributed by atoms with Crippen LogP contribution in [0.3, 0.4) is 0 Å². The SMILES string of the molecule is CCC(CC)C(C)(N)Cc1cccc(F)c1. The maximum absolute atomic E-state index is 13.1. The Bertz CT molecular complexity index is 329. The zero-order valence-electron chi connectivity index (χ0n) is 10.5. The van der Waals surface area contributed by atoms with E-state index in [0.717, 1.165) is 24.8 Å². The lowest BCUT2D eigenvalue weighted by Crippen LogP contribution is -2.45. The number of rotatable bonds is 5. The highest BCUT2D eigenvalue weighted by atomic mass is 19.1. The van der Waals surface area contributed by atoms with E-state index in [1.54, 1.807) is 12.1 Å². The first kappa shape index (κ1) is 13.2. The first-order valence-electron chi connectivity index (χ1n) is 6.03. The predicted octanol–water partition coefficient (Wildman–Crippen LogP) is 3.52. The fraction of sp³-hybridized carbons (Fsp3) is 0.571. The molecule has 1 unspecified atom stereocenters. The van der Waals surface area contributed by atoms with Gasteiger partial charge in [0, 0.05) is 5.54 Å². The van der Waals surface area contributed by atoms with Crippen LogP contribution in [0.2, 0.25) is 0 Å². The molecule has 1 nitrogen and oxygen atoms in total. The standard InChI is InChI=1S/C14H22FN/c1-4-12(5-2)14(3,16)10-11-7-6-8-13(15)9-11/h6-9,12H,4-5,10,16H2,1-3H3. The quantitative estimate of drug-likeness (QED) is 0.812. The minimum absolute atomic E-state index is 0.183. The molecule has 0 amide bonds. The number of halogens is 1. The van der Waals surface area contributed by atoms with E-state index in [1.807, 2.05) is 6.07 Å². The van der Waals surface area contributed by atoms with Crippen LogP contribution < -0.4 is 5.73 Å². The summed E-state index contributed by atoms with van der Waals surface area (Å²) in [5, 5.41) is 0. The van der Waals surface area contributed by atoms with E-state index in [-0.39, 0.29) is 11.4 Å². The maximum Gasteiger partial charge on any atom is 0.123 e. The van der Waals surface area contributed by atoms with Crippen molar-refractivity contribution in [2.75, 3.05) is 0 Å². The molecule has 0 radical (unpaired) electrons. The molecule has 0 saturated carbocycles. The molecule has 0 aliphatic carbocycles. The lowest BCUT2D eigenvalue weighted by atomic mass is 9.78. The molecular formula is C14H22FN. The van der Waals surface area contributed by atoms with Crippen LogP contribution in [0, 0.1) is 11.7 Å². The van der Waals surface area contributed by atoms with Crippen molar-refractivity contribution in [1.82, 2.24) is 0 Å². The van der Waals surface area contributed by atoms with Crippen LogP contribution in [0.25, 0.3) is 0 Å². The predicted molar refractivity (Wildman–Crippen MR) is 66.8 cm³/mol. The third-order valence-corrected chi connectivity index (χ3v) is 3.39. The molecule has 1 rings (SSSR count). The molecule has 16 heavy (non-hydrogen) atoms. The second kappa shape index (κ2) is 5.44. The number of nitrogens with two attached hydrogens (primary N) is 1. The van der Waals surface area contributed by atoms with E-state index in [2.05, 4.69) is 20.8 Å². The van der Waals surface area contributed by atoms with Crippen LogP contribution in [0.1, 0.15) is 39.2 Å². The van der Waals surface area contributed by atoms with E-state index in [9.17, 15) is 4.39 Å². The molecule has 2 heteroatoms. The Morgan fingerprint density at radius 1 is 1.31 bits per heavy atom. The van der Waals surface area contributed by atoms with E-state index in [4.69, 9.17) is 5.73 Å². The van der Waals surface area contributed by atoms with Crippen molar-refractivity contribution in [2.24, 2.45) is 11.7 Å². The fourth-order valence-electron chi connectivity index (χ4n) is 2.45. The summed E-state index contributed by atoms with van der Waals surface area (Å²) in [5.74, 6) is 0.300. The summed E-state index contributed by atoms with van der Waals surface area (Å²) in [6, 6.07) is 6.73. The van der Waals surface area contributed by atoms with Crippen molar-refractivity contribution < 1.29 is 4.39 Å². The van der Waals surface area contributed by atoms with Crippen LogP contribution >= 0.6 is 0 Å². The van der Waals surface area contributed by atoms with E-state index in [1.165, 1.54) is 6.07 Å². The van der Waals surface area contributed by atoms with Crippen LogP contribution in [0.5, 0.6) is 0 Å². The van der Waals surface area contributed by atoms with Gasteiger partial charge in [0.05, 0.1) is 0 Å². The van der Waals surface area contributed by atoms with Gasteiger partial charge in [0.15, 0.2) is 0 Å². The first-order valence-corrected chi connectivity index (χ1v) is 6.03. The number of hydrogen-bond acceptors (Lipinski definition) is 1. The number of benzene rings is 1. The highest BCUT2D eigenvalue weighted by Crippen LogP contribution is 2.25. The summed E-state index contributed by atoms with van der Waals surface area (Å²) in [4.78, 5) is 0. The van der Waals surface area contributed by atoms with Gasteiger partial charge in [-0.25, -0.2) is 4.39 Å². The summed E-state index contributed by atoms with van der Waals surface area (Å²) in [5.41, 5.74) is 7.07. The van der Waals surface area contributed by atoms with E-state index < -0.39 is 0 Å². The average Bonchev–Trinajstić information content (AvgIpc) is 2.18. The molecule has 0 aliphatic heterocycles. The van der Waals surface area contributed by atoms with Gasteiger partial charge >= 0.3 is 0 Å². The largest absolute Gasteiger partial charge is 0.325 e. The van der Waals surface area contributed by atoms with Gasteiger partial charge in [-0.05, 0) is 37.0 Å². The Kier molecular flexibility index (Phi) is 4.48. The third-order valence-electron chi connectivity index (χ3n) is 3.39. The van der Waals surface area contributed by atoms with Crippen molar-refractivity contribution in [3.63, 3.8) is 0 Å². The summed E-state index contributed by atoms with van der Waals surface area (Å²) >= 11 is 0. The molecule has 90 valence electrons. The Morgan fingerprint density at radius 3 is 2.44 bits per heavy atom. The van der Waals surface area contributed by atoms with Crippen molar-refractivity contribution in [3.05, 3.63) is 35.6 Å². The highest BCUT2D eigenvalue weighted by molar-refractivity contribution is 5.19. The molecule has 1 atom stereocenters. The third kappa shape index (κ3) is 3.31. The normalized spacial score (nSPS) is 15.1. The molecule has 0 fully saturated rings. The zero-order valence-corrected chi connectivity index (χ0v) is 10.5. The van der Waals surface area contributed by atoms with Gasteiger partial charge in [0.1, 0.15) is 5.82 Å². The topological polar surface area (TPSA) is 26.0 Å². The first-order chi connectivity index (χ1) is 7.49. The van der Waals surface area contributed by atoms with Gasteiger partial charge in [0.2, 0.25) is 0 Å². The van der Waals surface area contributed by atoms with Crippen LogP contribution in [-0.4, -0.2) is 5.54 Å². The Labute approximate surface area is 97.9 Å². The zero-order chi connectivity index (χ0) is 12.2. The molecule has 0 aliphatic rings. The van der Waals surface area contributed by atoms with Crippen LogP contribution in [0.4, 0.5) is 4.39 Å². The van der Waals surface area contributed by atoms with Crippen LogP contribution in [-0.2, 0) is 6.42 Å². The van der Waals surface area contributed by atoms with Gasteiger partial charge in [-0.15, -0.1) is 0 Å². The molecule has 0 aromatic heterocycles. The molecule has 0 spiro atoms. The monoisotopic (exact) mass is 223 g/mol. The van der Waals surface area contributed by atoms with Gasteiger partial charge in [-0.1, -0.05) is 38.8 Å². The Hall–Kier alpha value is -0.890. The van der Waals surface area contributed by atoms with Gasteiger partial charge in [-0.2, -0.15) is 0 Å². The summed E-state index contributed by atoms with van der Waals surface area (Å²) in [6.45, 7) is 6.38. The Balaban J connectivity index is 2.79. The van der Waals surface area contributed by atoms with Crippen molar-refractivity contribution >= 4 is 0 Å². The molecule has 1 aromatic carbocycles. The highest BCUT2D eigenvalue weighted by Gasteiger charge is 2.27. The lowest BCUT2D eigenvalue weighted by molar-refractivity contribution is 0.275. The van der Waals surface area contributed by atoms with Crippen LogP contribution in [0.15, 0.2) is 24.3 Å². The average molecular weight is 223 g/mol. The molecule has 0 heterocycles. The molecule has 0 bridgehead atoms. The number of hydrogen-bond donors (Lipinski definition) is 1. The summed E-state index contributed by atoms with van der Waals surface area (Å²) in [7, 11) is 0. The second-order valence-electron chi connectivity index (χ2n) is 4.83. The molecule has 0 saturated heterocycles. The van der Waals surface area contributed by atoms with Gasteiger partial charge < -0.3 is 5.73 Å². The fourth-order valence-corrected chi connectivity index (χ4v) is 2.45. The van der Waals surface area contributed by atoms with Crippen molar-refractivity contribution in [1.29, 1.82) is 0 Å². The lowest BCUT2D eigenvalue weighted by Gasteiger charge is -2.33. The van der Waals surface area contributed by atoms with Crippen molar-refractivity contribution in [3.8, 4) is 0 Å². The van der Waals surface area contributed by atoms with E-state index in [0.29, 0.717) is 5.92 Å². The van der Waals surface area contributed by atoms with E-state index >= 15 is 0 Å². The molecular weight excluding hydrogens is 201 g/mol. The Morgan fingerprint density at radius 2 is 1.94 bits per heavy atom.